The zero-order chi connectivity index (χ0) is 23.0. The van der Waals surface area contributed by atoms with Gasteiger partial charge in [-0.1, -0.05) is 12.1 Å². The van der Waals surface area contributed by atoms with Gasteiger partial charge in [-0.15, -0.1) is 11.3 Å². The molecule has 6 nitrogen and oxygen atoms in total. The summed E-state index contributed by atoms with van der Waals surface area (Å²) in [4.78, 5) is 33.1. The molecule has 1 aromatic carbocycles. The van der Waals surface area contributed by atoms with E-state index in [0.29, 0.717) is 36.5 Å². The molecule has 0 atom stereocenters. The van der Waals surface area contributed by atoms with Crippen LogP contribution in [0.5, 0.6) is 0 Å². The Bertz CT molecular complexity index is 1200. The Labute approximate surface area is 186 Å². The van der Waals surface area contributed by atoms with E-state index in [1.165, 1.54) is 12.1 Å². The van der Waals surface area contributed by atoms with E-state index >= 15 is 0 Å². The third-order valence-corrected chi connectivity index (χ3v) is 6.27. The van der Waals surface area contributed by atoms with Crippen molar-refractivity contribution in [1.29, 1.82) is 0 Å². The van der Waals surface area contributed by atoms with Crippen molar-refractivity contribution in [2.45, 2.75) is 20.0 Å². The lowest BCUT2D eigenvalue weighted by atomic mass is 10.1. The molecular weight excluding hydrogens is 443 g/mol. The van der Waals surface area contributed by atoms with Crippen LogP contribution in [0.2, 0.25) is 0 Å². The van der Waals surface area contributed by atoms with Crippen LogP contribution >= 0.6 is 11.3 Å². The topological polar surface area (TPSA) is 71.5 Å². The lowest BCUT2D eigenvalue weighted by Gasteiger charge is -2.26. The van der Waals surface area contributed by atoms with E-state index in [1.54, 1.807) is 11.0 Å². The van der Waals surface area contributed by atoms with E-state index in [1.807, 2.05) is 13.8 Å². The highest BCUT2D eigenvalue weighted by molar-refractivity contribution is 7.21. The number of alkyl halides is 3. The number of carbonyl (C=O) groups excluding carboxylic acids is 2. The number of nitrogens with one attached hydrogen (secondary N) is 1. The van der Waals surface area contributed by atoms with Crippen molar-refractivity contribution in [2.24, 2.45) is 0 Å². The Balaban J connectivity index is 1.81. The number of aromatic nitrogens is 1. The summed E-state index contributed by atoms with van der Waals surface area (Å²) in [5.74, 6) is -1.25. The fraction of sp³-hybridized carbons (Fsp3) is 0.318. The van der Waals surface area contributed by atoms with Crippen molar-refractivity contribution < 1.29 is 27.5 Å². The monoisotopic (exact) mass is 463 g/mol. The first-order valence-electron chi connectivity index (χ1n) is 9.92. The van der Waals surface area contributed by atoms with E-state index in [9.17, 15) is 22.8 Å². The predicted molar refractivity (Wildman–Crippen MR) is 115 cm³/mol. The Hall–Kier alpha value is -2.98. The van der Waals surface area contributed by atoms with Gasteiger partial charge in [-0.3, -0.25) is 9.59 Å². The zero-order valence-electron chi connectivity index (χ0n) is 17.4. The highest BCUT2D eigenvalue weighted by Crippen LogP contribution is 2.39. The van der Waals surface area contributed by atoms with Gasteiger partial charge < -0.3 is 15.0 Å². The maximum absolute atomic E-state index is 13.4. The summed E-state index contributed by atoms with van der Waals surface area (Å²) in [6.45, 7) is 5.20. The molecule has 1 N–H and O–H groups in total. The van der Waals surface area contributed by atoms with Crippen LogP contribution in [0.25, 0.3) is 10.2 Å². The maximum atomic E-state index is 13.4. The summed E-state index contributed by atoms with van der Waals surface area (Å²) >= 11 is 1.12. The number of rotatable bonds is 3. The summed E-state index contributed by atoms with van der Waals surface area (Å²) in [6, 6.07) is 6.37. The molecule has 1 fully saturated rings. The first-order valence-corrected chi connectivity index (χ1v) is 10.7. The van der Waals surface area contributed by atoms with Crippen LogP contribution in [0.1, 0.15) is 36.9 Å². The first-order chi connectivity index (χ1) is 15.2. The number of nitrogens with zero attached hydrogens (tertiary/aromatic N) is 2. The summed E-state index contributed by atoms with van der Waals surface area (Å²) in [7, 11) is 0. The number of anilines is 1. The average molecular weight is 463 g/mol. The van der Waals surface area contributed by atoms with Gasteiger partial charge in [-0.05, 0) is 37.6 Å². The zero-order valence-corrected chi connectivity index (χ0v) is 18.2. The second-order valence-electron chi connectivity index (χ2n) is 7.47. The molecule has 10 heteroatoms. The van der Waals surface area contributed by atoms with Gasteiger partial charge in [0.1, 0.15) is 9.71 Å². The second-order valence-corrected chi connectivity index (χ2v) is 8.47. The van der Waals surface area contributed by atoms with Crippen LogP contribution in [0.3, 0.4) is 0 Å². The maximum Gasteiger partial charge on any atom is 0.417 e. The van der Waals surface area contributed by atoms with Crippen molar-refractivity contribution in [3.63, 3.8) is 0 Å². The van der Waals surface area contributed by atoms with Crippen molar-refractivity contribution in [2.75, 3.05) is 31.6 Å². The molecule has 2 aromatic heterocycles. The summed E-state index contributed by atoms with van der Waals surface area (Å²) < 4.78 is 45.6. The Morgan fingerprint density at radius 3 is 2.53 bits per heavy atom. The van der Waals surface area contributed by atoms with Gasteiger partial charge in [-0.25, -0.2) is 4.98 Å². The molecule has 0 radical (unpaired) electrons. The van der Waals surface area contributed by atoms with E-state index in [2.05, 4.69) is 10.3 Å². The van der Waals surface area contributed by atoms with Crippen molar-refractivity contribution in [1.82, 2.24) is 9.88 Å². The molecule has 3 aromatic rings. The molecule has 2 amide bonds. The van der Waals surface area contributed by atoms with E-state index < -0.39 is 23.2 Å². The number of morpholine rings is 1. The molecule has 0 saturated carbocycles. The van der Waals surface area contributed by atoms with Crippen molar-refractivity contribution >= 4 is 39.1 Å². The average Bonchev–Trinajstić information content (AvgIpc) is 3.11. The van der Waals surface area contributed by atoms with Crippen LogP contribution in [-0.4, -0.2) is 48.0 Å². The van der Waals surface area contributed by atoms with Gasteiger partial charge in [0, 0.05) is 24.2 Å². The van der Waals surface area contributed by atoms with Crippen LogP contribution < -0.4 is 5.32 Å². The SMILES string of the molecule is Cc1cc(C)c2c(NC(=O)c3ccccc3C(F)(F)F)c(C(=O)N3CCOCC3)sc2n1. The highest BCUT2D eigenvalue weighted by Gasteiger charge is 2.35. The predicted octanol–water partition coefficient (Wildman–Crippen LogP) is 4.66. The summed E-state index contributed by atoms with van der Waals surface area (Å²) in [5.41, 5.74) is 0.144. The van der Waals surface area contributed by atoms with Gasteiger partial charge in [0.2, 0.25) is 0 Å². The van der Waals surface area contributed by atoms with Crippen LogP contribution in [0, 0.1) is 13.8 Å². The molecule has 1 saturated heterocycles. The number of hydrogen-bond acceptors (Lipinski definition) is 5. The van der Waals surface area contributed by atoms with E-state index in [4.69, 9.17) is 4.74 Å². The summed E-state index contributed by atoms with van der Waals surface area (Å²) in [5, 5.41) is 3.15. The Morgan fingerprint density at radius 1 is 1.16 bits per heavy atom. The first kappa shape index (κ1) is 22.2. The molecule has 0 aliphatic carbocycles. The third kappa shape index (κ3) is 4.20. The van der Waals surface area contributed by atoms with Gasteiger partial charge in [0.25, 0.3) is 11.8 Å². The molecule has 0 spiro atoms. The van der Waals surface area contributed by atoms with Crippen molar-refractivity contribution in [3.05, 3.63) is 57.6 Å². The quantitative estimate of drug-likeness (QED) is 0.614. The number of fused-ring (bicyclic) bond motifs is 1. The lowest BCUT2D eigenvalue weighted by molar-refractivity contribution is -0.137. The number of pyridine rings is 1. The smallest absolute Gasteiger partial charge is 0.378 e. The number of hydrogen-bond donors (Lipinski definition) is 1. The fourth-order valence-electron chi connectivity index (χ4n) is 3.73. The minimum absolute atomic E-state index is 0.188. The van der Waals surface area contributed by atoms with Crippen LogP contribution in [-0.2, 0) is 10.9 Å². The Kier molecular flexibility index (Phi) is 5.91. The van der Waals surface area contributed by atoms with Gasteiger partial charge in [-0.2, -0.15) is 13.2 Å². The largest absolute Gasteiger partial charge is 0.417 e. The van der Waals surface area contributed by atoms with Crippen LogP contribution in [0.4, 0.5) is 18.9 Å². The highest BCUT2D eigenvalue weighted by atomic mass is 32.1. The molecule has 3 heterocycles. The number of ether oxygens (including phenoxy) is 1. The standard InChI is InChI=1S/C22H20F3N3O3S/c1-12-11-13(2)26-20-16(12)17(18(32-20)21(30)28-7-9-31-10-8-28)27-19(29)14-5-3-4-6-15(14)22(23,24)25/h3-6,11H,7-10H2,1-2H3,(H,27,29). The fourth-order valence-corrected chi connectivity index (χ4v) is 4.95. The number of aryl methyl sites for hydroxylation is 2. The number of halogens is 3. The minimum atomic E-state index is -4.69. The van der Waals surface area contributed by atoms with Crippen LogP contribution in [0.15, 0.2) is 30.3 Å². The second kappa shape index (κ2) is 8.51. The molecule has 1 aliphatic rings. The number of benzene rings is 1. The molecule has 32 heavy (non-hydrogen) atoms. The molecule has 0 bridgehead atoms. The summed E-state index contributed by atoms with van der Waals surface area (Å²) in [6.07, 6.45) is -4.69. The van der Waals surface area contributed by atoms with E-state index in [0.717, 1.165) is 34.7 Å². The lowest BCUT2D eigenvalue weighted by Crippen LogP contribution is -2.40. The number of amides is 2. The molecule has 0 unspecified atom stereocenters. The minimum Gasteiger partial charge on any atom is -0.378 e. The molecule has 1 aliphatic heterocycles. The van der Waals surface area contributed by atoms with Gasteiger partial charge in [0.05, 0.1) is 30.0 Å². The third-order valence-electron chi connectivity index (χ3n) is 5.20. The van der Waals surface area contributed by atoms with Gasteiger partial charge >= 0.3 is 6.18 Å². The molecular formula is C22H20F3N3O3S. The number of carbonyl (C=O) groups is 2. The van der Waals surface area contributed by atoms with Gasteiger partial charge in [0.15, 0.2) is 0 Å². The molecule has 168 valence electrons. The normalized spacial score (nSPS) is 14.6. The van der Waals surface area contributed by atoms with E-state index in [-0.39, 0.29) is 16.5 Å². The Morgan fingerprint density at radius 2 is 1.84 bits per heavy atom. The van der Waals surface area contributed by atoms with Crippen molar-refractivity contribution in [3.8, 4) is 0 Å². The number of thiophene rings is 1. The molecule has 4 rings (SSSR count).